The number of likely N-dealkylation sites (tertiary alicyclic amines) is 4. The molecule has 4 aliphatic rings. The maximum atomic E-state index is 13.6. The van der Waals surface area contributed by atoms with Crippen LogP contribution in [0.4, 0.5) is 0 Å². The lowest BCUT2D eigenvalue weighted by Gasteiger charge is -2.38. The maximum Gasteiger partial charge on any atom is 0.274 e. The second-order valence-corrected chi connectivity index (χ2v) is 36.6. The van der Waals surface area contributed by atoms with Crippen molar-refractivity contribution in [3.8, 4) is 0 Å². The lowest BCUT2D eigenvalue weighted by Crippen LogP contribution is -2.45. The third-order valence-electron chi connectivity index (χ3n) is 26.1. The lowest BCUT2D eigenvalue weighted by atomic mass is 9.88. The number of nitrogens with one attached hydrogen (secondary N) is 10. The molecule has 4 aliphatic heterocycles. The van der Waals surface area contributed by atoms with E-state index in [1.165, 1.54) is 26.1 Å². The number of benzene rings is 6. The molecule has 0 radical (unpaired) electrons. The molecule has 6 unspecified atom stereocenters. The Morgan fingerprint density at radius 2 is 0.594 bits per heavy atom. The average molecular weight is 1950 g/mol. The highest BCUT2D eigenvalue weighted by Crippen LogP contribution is 2.37. The van der Waals surface area contributed by atoms with Crippen molar-refractivity contribution in [2.45, 2.75) is 126 Å². The van der Waals surface area contributed by atoms with Crippen molar-refractivity contribution < 1.29 is 29.1 Å². The van der Waals surface area contributed by atoms with Gasteiger partial charge in [0.1, 0.15) is 74.3 Å². The number of carbonyl (C=O) groups excluding carboxylic acids is 4. The average Bonchev–Trinajstić information content (AvgIpc) is 1.63. The molecule has 36 heteroatoms. The number of pyridine rings is 5. The Morgan fingerprint density at radius 3 is 0.899 bits per heavy atom. The molecule has 10 aromatic heterocycles. The number of aliphatic hydroxyl groups excluding tert-OH is 1. The van der Waals surface area contributed by atoms with Crippen LogP contribution in [-0.4, -0.2) is 200 Å². The third-order valence-corrected chi connectivity index (χ3v) is 28.1. The zero-order valence-electron chi connectivity index (χ0n) is 76.2. The number of carbonyl (C=O) groups is 4. The largest absolute Gasteiger partial charge is 0.391 e. The number of hydroxylamine groups is 2. The summed E-state index contributed by atoms with van der Waals surface area (Å²) < 4.78 is 10.6. The minimum Gasteiger partial charge on any atom is -0.391 e. The highest BCUT2D eigenvalue weighted by molar-refractivity contribution is 7.72. The molecule has 11 N–H and O–H groups in total. The molecule has 16 aromatic rings. The summed E-state index contributed by atoms with van der Waals surface area (Å²) >= 11 is 28.0. The minimum absolute atomic E-state index is 0.0329. The number of fused-ring (bicyclic) bond motifs is 5. The summed E-state index contributed by atoms with van der Waals surface area (Å²) in [5.74, 6) is 0.210. The highest BCUT2D eigenvalue weighted by Gasteiger charge is 2.36. The van der Waals surface area contributed by atoms with E-state index < -0.39 is 30.3 Å². The summed E-state index contributed by atoms with van der Waals surface area (Å²) in [5, 5.41) is 40.1. The van der Waals surface area contributed by atoms with Crippen LogP contribution in [0.1, 0.15) is 153 Å². The summed E-state index contributed by atoms with van der Waals surface area (Å²) in [6, 6.07) is 65.1. The van der Waals surface area contributed by atoms with Crippen LogP contribution in [-0.2, 0) is 24.0 Å². The fourth-order valence-electron chi connectivity index (χ4n) is 18.8. The Morgan fingerprint density at radius 1 is 0.333 bits per heavy atom. The lowest BCUT2D eigenvalue weighted by molar-refractivity contribution is -0.171. The number of aromatic amines is 10. The van der Waals surface area contributed by atoms with E-state index in [0.717, 1.165) is 154 Å². The first-order valence-electron chi connectivity index (χ1n) is 46.2. The van der Waals surface area contributed by atoms with E-state index in [2.05, 4.69) is 105 Å². The van der Waals surface area contributed by atoms with Gasteiger partial charge in [-0.2, -0.15) is 0 Å². The van der Waals surface area contributed by atoms with Crippen LogP contribution in [0.15, 0.2) is 280 Å². The number of amides is 4. The van der Waals surface area contributed by atoms with Crippen molar-refractivity contribution in [3.63, 3.8) is 0 Å². The van der Waals surface area contributed by atoms with E-state index >= 15 is 0 Å². The molecule has 712 valence electrons. The minimum atomic E-state index is -0.734. The maximum absolute atomic E-state index is 13.6. The number of aromatic nitrogens is 15. The number of β-amino-alcohol motifs (C(OH)–C–C–N with tert-alkyl or cyclic N) is 1. The summed E-state index contributed by atoms with van der Waals surface area (Å²) in [4.78, 5) is 127. The number of likely N-dealkylation sites (N-methyl/N-ethyl adjacent to an activating group) is 1. The van der Waals surface area contributed by atoms with E-state index in [4.69, 9.17) is 65.9 Å². The first kappa shape index (κ1) is 97.0. The molecule has 4 saturated heterocycles. The molecule has 31 nitrogen and oxygen atoms in total. The smallest absolute Gasteiger partial charge is 0.274 e. The van der Waals surface area contributed by atoms with Crippen LogP contribution in [0.2, 0.25) is 0 Å². The van der Waals surface area contributed by atoms with E-state index in [9.17, 15) is 48.3 Å². The van der Waals surface area contributed by atoms with Crippen molar-refractivity contribution in [2.24, 2.45) is 0 Å². The highest BCUT2D eigenvalue weighted by atomic mass is 32.1. The standard InChI is InChI=1S/C26H26N4OS.C21H24N4O2S.C20H22N4O2S.C19H20N4O3S.C16H16N4O3S/c1-18(29-15-12-20(13-16-29)19-8-4-2-5-9-19)24(21-10-6-3-7-11-21)30-17-14-22-23(26(30)32)25(31)28-27-22;26-19-17-16(22-23-19)11-14-25(21(17)28)18(15-9-5-4-6-10-15)20(27)24-12-7-2-1-3-8-13-24;25-18-16-15(21-22-18)10-13-24(20(16)27)17(14-8-4-3-5-9-14)19(26)23-11-6-1-2-7-12-23;24-13-7-4-9-22(11-13)18(26)16(12-5-2-1-3-6-12)23-10-8-14-15(19(23)27)17(25)21-20-14;1-19(23-2)15(22)13(10-6-4-3-5-7-10)20-9-8-11-12(16(20)24)14(21)18-17-11/h2-11,14,17,20,24H,1,12-13,15-16H2,(H2,27,28,31);4-6,9-11,14,18H,1-3,7-8,12-13H2,(H2,22,23,26);3-5,8-10,13,17H,1-2,6-7,11-12H2,(H2,21,22,25);1-3,5-6,8,10,13,16,24H,4,7,9,11H2,(H2,20,21,25);3-9,13H,1-2H3,(H2,17,18,21). The molecule has 0 bridgehead atoms. The van der Waals surface area contributed by atoms with Crippen LogP contribution in [0.3, 0.4) is 0 Å². The van der Waals surface area contributed by atoms with Gasteiger partial charge < -0.3 is 47.5 Å². The molecule has 6 aromatic carbocycles. The van der Waals surface area contributed by atoms with Crippen molar-refractivity contribution in [2.75, 3.05) is 66.5 Å². The van der Waals surface area contributed by atoms with Gasteiger partial charge in [0.15, 0.2) is 0 Å². The number of hydrogen-bond acceptors (Lipinski definition) is 17. The van der Waals surface area contributed by atoms with E-state index in [1.807, 2.05) is 166 Å². The summed E-state index contributed by atoms with van der Waals surface area (Å²) in [5.41, 5.74) is 8.66. The van der Waals surface area contributed by atoms with Crippen molar-refractivity contribution >= 4 is 139 Å². The molecule has 6 atom stereocenters. The summed E-state index contributed by atoms with van der Waals surface area (Å²) in [7, 11) is 2.95. The SMILES string of the molecule is C=C(C(c1ccccc1)n1ccc2[nH][nH]c(=O)c2c1=S)N1CCC(c2ccccc2)CC1.CON(C)C(=O)C(c1ccccc1)n1ccc2[nH][nH]c(=O)c2c1=S.O=C(C(c1ccccc1)n1ccc2[nH][nH]c(=O)c2c1=S)N1CCCC(O)C1.O=C(C(c1ccccc1)n1ccc2[nH][nH]c(=O)c2c1=S)N1CCCCCC1.O=C(C(c1ccccc1)n1ccc2[nH][nH]c(=O)c2c1=S)N1CCCCCCC1. The zero-order valence-corrected chi connectivity index (χ0v) is 80.3. The van der Waals surface area contributed by atoms with Crippen molar-refractivity contribution in [3.05, 3.63) is 364 Å². The Hall–Kier alpha value is -14.1. The van der Waals surface area contributed by atoms with Crippen LogP contribution < -0.4 is 27.8 Å². The van der Waals surface area contributed by atoms with Gasteiger partial charge in [0.2, 0.25) is 17.7 Å². The van der Waals surface area contributed by atoms with Gasteiger partial charge in [0.25, 0.3) is 33.7 Å². The fourth-order valence-corrected chi connectivity index (χ4v) is 20.6. The van der Waals surface area contributed by atoms with E-state index in [-0.39, 0.29) is 62.1 Å². The molecule has 4 fully saturated rings. The molecular formula is C102H108N20O11S5. The predicted octanol–water partition coefficient (Wildman–Crippen LogP) is 16.5. The molecule has 4 amide bonds. The van der Waals surface area contributed by atoms with Crippen molar-refractivity contribution in [1.82, 2.24) is 98.5 Å². The normalized spacial score (nSPS) is 15.9. The quantitative estimate of drug-likeness (QED) is 0.0281. The monoisotopic (exact) mass is 1950 g/mol. The molecule has 20 rings (SSSR count). The number of aliphatic hydroxyl groups is 1. The molecular weight excluding hydrogens is 1840 g/mol. The number of hydrogen-bond donors (Lipinski definition) is 11. The Bertz CT molecular complexity index is 7490. The third kappa shape index (κ3) is 21.3. The van der Waals surface area contributed by atoms with Gasteiger partial charge in [-0.25, -0.2) is 5.06 Å². The molecule has 14 heterocycles. The van der Waals surface area contributed by atoms with Crippen LogP contribution in [0.25, 0.3) is 54.5 Å². The fraction of sp³-hybridized carbons (Fsp3) is 0.294. The molecule has 0 saturated carbocycles. The van der Waals surface area contributed by atoms with Gasteiger partial charge in [-0.05, 0) is 121 Å². The second-order valence-electron chi connectivity index (χ2n) is 34.6. The second kappa shape index (κ2) is 44.8. The van der Waals surface area contributed by atoms with Gasteiger partial charge >= 0.3 is 0 Å². The Labute approximate surface area is 817 Å². The number of H-pyrrole nitrogens is 10. The summed E-state index contributed by atoms with van der Waals surface area (Å²) in [6.07, 6.45) is 22.0. The van der Waals surface area contributed by atoms with Gasteiger partial charge in [-0.1, -0.05) is 282 Å². The number of rotatable bonds is 18. The number of piperidine rings is 2. The number of allylic oxidation sites excluding steroid dienone is 1. The number of nitrogens with zero attached hydrogens (tertiary/aromatic N) is 10. The van der Waals surface area contributed by atoms with Crippen molar-refractivity contribution in [1.29, 1.82) is 0 Å². The van der Waals surface area contributed by atoms with Gasteiger partial charge in [0, 0.05) is 96.1 Å². The predicted molar refractivity (Wildman–Crippen MR) is 547 cm³/mol. The van der Waals surface area contributed by atoms with Gasteiger partial charge in [-0.15, -0.1) is 0 Å². The summed E-state index contributed by atoms with van der Waals surface area (Å²) in [6.45, 7) is 10.4. The van der Waals surface area contributed by atoms with E-state index in [1.54, 1.807) is 72.2 Å². The van der Waals surface area contributed by atoms with Gasteiger partial charge in [0.05, 0.1) is 46.8 Å². The van der Waals surface area contributed by atoms with E-state index in [0.29, 0.717) is 93.0 Å². The molecule has 0 spiro atoms. The molecule has 138 heavy (non-hydrogen) atoms. The van der Waals surface area contributed by atoms with Crippen LogP contribution in [0, 0.1) is 23.2 Å². The molecule has 0 aliphatic carbocycles. The van der Waals surface area contributed by atoms with Crippen LogP contribution in [0.5, 0.6) is 0 Å². The topological polar surface area (TPSA) is 382 Å². The first-order chi connectivity index (χ1) is 67.1. The Kier molecular flexibility index (Phi) is 31.5. The zero-order chi connectivity index (χ0) is 96.6. The first-order valence-corrected chi connectivity index (χ1v) is 48.3. The van der Waals surface area contributed by atoms with Crippen LogP contribution >= 0.6 is 61.1 Å². The van der Waals surface area contributed by atoms with Gasteiger partial charge in [-0.3, -0.25) is 99.0 Å². The Balaban J connectivity index is 0.000000125.